The number of fused-ring (bicyclic) bond motifs is 1. The molecule has 15 heavy (non-hydrogen) atoms. The first-order valence-corrected chi connectivity index (χ1v) is 5.94. The molecule has 0 atom stereocenters. The van der Waals surface area contributed by atoms with Gasteiger partial charge in [0, 0.05) is 34.7 Å². The van der Waals surface area contributed by atoms with Gasteiger partial charge in [0.25, 0.3) is 0 Å². The molecule has 0 amide bonds. The van der Waals surface area contributed by atoms with Gasteiger partial charge in [-0.2, -0.15) is 0 Å². The SMILES string of the molecule is CCc1c(CN)c2ccc(Br)cc2n1C. The summed E-state index contributed by atoms with van der Waals surface area (Å²) < 4.78 is 3.35. The fourth-order valence-electron chi connectivity index (χ4n) is 2.22. The quantitative estimate of drug-likeness (QED) is 0.891. The van der Waals surface area contributed by atoms with Crippen molar-refractivity contribution in [1.82, 2.24) is 4.57 Å². The van der Waals surface area contributed by atoms with Gasteiger partial charge in [-0.15, -0.1) is 0 Å². The second kappa shape index (κ2) is 3.99. The summed E-state index contributed by atoms with van der Waals surface area (Å²) >= 11 is 3.50. The zero-order chi connectivity index (χ0) is 11.0. The third-order valence-corrected chi connectivity index (χ3v) is 3.43. The van der Waals surface area contributed by atoms with E-state index in [-0.39, 0.29) is 0 Å². The minimum atomic E-state index is 0.613. The zero-order valence-corrected chi connectivity index (χ0v) is 10.6. The smallest absolute Gasteiger partial charge is 0.0494 e. The van der Waals surface area contributed by atoms with Crippen LogP contribution in [0.15, 0.2) is 22.7 Å². The molecule has 0 saturated carbocycles. The van der Waals surface area contributed by atoms with E-state index < -0.39 is 0 Å². The van der Waals surface area contributed by atoms with Gasteiger partial charge < -0.3 is 10.3 Å². The molecular formula is C12H15BrN2. The van der Waals surface area contributed by atoms with Crippen LogP contribution in [0.3, 0.4) is 0 Å². The number of nitrogens with two attached hydrogens (primary N) is 1. The molecular weight excluding hydrogens is 252 g/mol. The molecule has 2 N–H and O–H groups in total. The molecule has 0 aliphatic rings. The summed E-state index contributed by atoms with van der Waals surface area (Å²) in [5.41, 5.74) is 9.69. The largest absolute Gasteiger partial charge is 0.347 e. The van der Waals surface area contributed by atoms with Crippen molar-refractivity contribution in [1.29, 1.82) is 0 Å². The highest BCUT2D eigenvalue weighted by molar-refractivity contribution is 9.10. The van der Waals surface area contributed by atoms with Crippen molar-refractivity contribution in [2.75, 3.05) is 0 Å². The highest BCUT2D eigenvalue weighted by Gasteiger charge is 2.12. The molecule has 0 fully saturated rings. The second-order valence-electron chi connectivity index (χ2n) is 3.70. The Labute approximate surface area is 98.2 Å². The number of hydrogen-bond donors (Lipinski definition) is 1. The molecule has 0 bridgehead atoms. The molecule has 2 rings (SSSR count). The molecule has 1 aromatic carbocycles. The molecule has 0 unspecified atom stereocenters. The van der Waals surface area contributed by atoms with Crippen LogP contribution >= 0.6 is 15.9 Å². The summed E-state index contributed by atoms with van der Waals surface area (Å²) in [6.07, 6.45) is 1.02. The third-order valence-electron chi connectivity index (χ3n) is 2.94. The van der Waals surface area contributed by atoms with Crippen molar-refractivity contribution in [2.24, 2.45) is 12.8 Å². The minimum absolute atomic E-state index is 0.613. The lowest BCUT2D eigenvalue weighted by atomic mass is 10.1. The fourth-order valence-corrected chi connectivity index (χ4v) is 2.57. The van der Waals surface area contributed by atoms with Crippen molar-refractivity contribution >= 4 is 26.8 Å². The van der Waals surface area contributed by atoms with Gasteiger partial charge >= 0.3 is 0 Å². The van der Waals surface area contributed by atoms with E-state index >= 15 is 0 Å². The molecule has 0 aliphatic carbocycles. The number of aromatic nitrogens is 1. The van der Waals surface area contributed by atoms with E-state index in [1.54, 1.807) is 0 Å². The van der Waals surface area contributed by atoms with E-state index in [0.29, 0.717) is 6.54 Å². The summed E-state index contributed by atoms with van der Waals surface area (Å²) in [7, 11) is 2.10. The van der Waals surface area contributed by atoms with E-state index in [2.05, 4.69) is 52.7 Å². The van der Waals surface area contributed by atoms with Gasteiger partial charge in [0.15, 0.2) is 0 Å². The van der Waals surface area contributed by atoms with Crippen LogP contribution < -0.4 is 5.73 Å². The lowest BCUT2D eigenvalue weighted by Gasteiger charge is -2.02. The first-order chi connectivity index (χ1) is 7.19. The van der Waals surface area contributed by atoms with E-state index in [1.165, 1.54) is 22.2 Å². The van der Waals surface area contributed by atoms with Gasteiger partial charge in [-0.25, -0.2) is 0 Å². The van der Waals surface area contributed by atoms with Gasteiger partial charge in [0.2, 0.25) is 0 Å². The number of hydrogen-bond acceptors (Lipinski definition) is 1. The zero-order valence-electron chi connectivity index (χ0n) is 9.05. The van der Waals surface area contributed by atoms with Crippen LogP contribution in [0.1, 0.15) is 18.2 Å². The fraction of sp³-hybridized carbons (Fsp3) is 0.333. The molecule has 2 nitrogen and oxygen atoms in total. The molecule has 2 aromatic rings. The van der Waals surface area contributed by atoms with Gasteiger partial charge in [0.1, 0.15) is 0 Å². The van der Waals surface area contributed by atoms with Crippen LogP contribution in [-0.4, -0.2) is 4.57 Å². The molecule has 0 spiro atoms. The highest BCUT2D eigenvalue weighted by atomic mass is 79.9. The molecule has 0 radical (unpaired) electrons. The van der Waals surface area contributed by atoms with Gasteiger partial charge in [-0.3, -0.25) is 0 Å². The van der Waals surface area contributed by atoms with Gasteiger partial charge in [0.05, 0.1) is 0 Å². The minimum Gasteiger partial charge on any atom is -0.347 e. The Hall–Kier alpha value is -0.800. The standard InChI is InChI=1S/C12H15BrN2/c1-3-11-10(7-14)9-5-4-8(13)6-12(9)15(11)2/h4-6H,3,7,14H2,1-2H3. The number of rotatable bonds is 2. The van der Waals surface area contributed by atoms with E-state index in [4.69, 9.17) is 5.73 Å². The predicted molar refractivity (Wildman–Crippen MR) is 67.9 cm³/mol. The summed E-state index contributed by atoms with van der Waals surface area (Å²) in [6.45, 7) is 2.78. The molecule has 0 aliphatic heterocycles. The maximum absolute atomic E-state index is 5.82. The summed E-state index contributed by atoms with van der Waals surface area (Å²) in [5, 5.41) is 1.28. The van der Waals surface area contributed by atoms with Crippen LogP contribution in [0.2, 0.25) is 0 Å². The number of halogens is 1. The average molecular weight is 267 g/mol. The predicted octanol–water partition coefficient (Wildman–Crippen LogP) is 2.96. The van der Waals surface area contributed by atoms with E-state index in [0.717, 1.165) is 10.9 Å². The van der Waals surface area contributed by atoms with Crippen LogP contribution in [0.4, 0.5) is 0 Å². The number of benzene rings is 1. The van der Waals surface area contributed by atoms with Crippen LogP contribution in [0.5, 0.6) is 0 Å². The van der Waals surface area contributed by atoms with Crippen molar-refractivity contribution < 1.29 is 0 Å². The molecule has 1 heterocycles. The van der Waals surface area contributed by atoms with E-state index in [9.17, 15) is 0 Å². The van der Waals surface area contributed by atoms with E-state index in [1.807, 2.05) is 0 Å². The van der Waals surface area contributed by atoms with Crippen LogP contribution in [-0.2, 0) is 20.0 Å². The molecule has 0 saturated heterocycles. The highest BCUT2D eigenvalue weighted by Crippen LogP contribution is 2.27. The Bertz CT molecular complexity index is 500. The van der Waals surface area contributed by atoms with Crippen LogP contribution in [0, 0.1) is 0 Å². The lowest BCUT2D eigenvalue weighted by Crippen LogP contribution is -2.02. The Morgan fingerprint density at radius 2 is 2.13 bits per heavy atom. The number of aryl methyl sites for hydroxylation is 1. The maximum atomic E-state index is 5.82. The summed E-state index contributed by atoms with van der Waals surface area (Å²) in [6, 6.07) is 6.36. The Morgan fingerprint density at radius 3 is 2.73 bits per heavy atom. The first-order valence-electron chi connectivity index (χ1n) is 5.14. The van der Waals surface area contributed by atoms with Crippen LogP contribution in [0.25, 0.3) is 10.9 Å². The summed E-state index contributed by atoms with van der Waals surface area (Å²) in [5.74, 6) is 0. The van der Waals surface area contributed by atoms with Crippen molar-refractivity contribution in [3.8, 4) is 0 Å². The maximum Gasteiger partial charge on any atom is 0.0494 e. The monoisotopic (exact) mass is 266 g/mol. The lowest BCUT2D eigenvalue weighted by molar-refractivity contribution is 0.842. The summed E-state index contributed by atoms with van der Waals surface area (Å²) in [4.78, 5) is 0. The Kier molecular flexibility index (Phi) is 2.85. The molecule has 1 aromatic heterocycles. The Morgan fingerprint density at radius 1 is 1.40 bits per heavy atom. The van der Waals surface area contributed by atoms with Gasteiger partial charge in [-0.1, -0.05) is 28.9 Å². The number of nitrogens with zero attached hydrogens (tertiary/aromatic N) is 1. The third kappa shape index (κ3) is 1.60. The first kappa shape index (κ1) is 10.7. The molecule has 3 heteroatoms. The second-order valence-corrected chi connectivity index (χ2v) is 4.62. The topological polar surface area (TPSA) is 30.9 Å². The Balaban J connectivity index is 2.84. The molecule has 80 valence electrons. The van der Waals surface area contributed by atoms with Crippen molar-refractivity contribution in [3.63, 3.8) is 0 Å². The van der Waals surface area contributed by atoms with Crippen molar-refractivity contribution in [2.45, 2.75) is 19.9 Å². The normalized spacial score (nSPS) is 11.2. The van der Waals surface area contributed by atoms with Crippen molar-refractivity contribution in [3.05, 3.63) is 33.9 Å². The average Bonchev–Trinajstić information content (AvgIpc) is 2.51. The van der Waals surface area contributed by atoms with Gasteiger partial charge in [-0.05, 0) is 24.1 Å².